The maximum atomic E-state index is 12.7. The number of carbonyl (C=O) groups excluding carboxylic acids is 1. The molecule has 2 aromatic heterocycles. The molecule has 0 bridgehead atoms. The first-order chi connectivity index (χ1) is 12.1. The fourth-order valence-corrected chi connectivity index (χ4v) is 4.68. The van der Waals surface area contributed by atoms with Gasteiger partial charge in [-0.2, -0.15) is 11.3 Å². The van der Waals surface area contributed by atoms with Gasteiger partial charge in [-0.25, -0.2) is 4.98 Å². The Bertz CT molecular complexity index is 648. The second kappa shape index (κ2) is 10.0. The summed E-state index contributed by atoms with van der Waals surface area (Å²) in [4.78, 5) is 20.4. The van der Waals surface area contributed by atoms with Crippen LogP contribution in [0.3, 0.4) is 0 Å². The minimum absolute atomic E-state index is 0.00475. The molecular formula is C19H29N3OS2. The highest BCUT2D eigenvalue weighted by atomic mass is 32.1. The molecule has 6 heteroatoms. The summed E-state index contributed by atoms with van der Waals surface area (Å²) in [5.41, 5.74) is 2.13. The first-order valence-electron chi connectivity index (χ1n) is 9.11. The van der Waals surface area contributed by atoms with E-state index >= 15 is 0 Å². The Morgan fingerprint density at radius 2 is 2.08 bits per heavy atom. The van der Waals surface area contributed by atoms with Crippen molar-refractivity contribution in [2.24, 2.45) is 0 Å². The van der Waals surface area contributed by atoms with Gasteiger partial charge in [-0.05, 0) is 55.2 Å². The minimum atomic E-state index is 0.00475. The SMILES string of the molecule is CCCCc1nc(C)c(C(=O)NCC(c2ccsc2)N(CC)CC)s1. The summed E-state index contributed by atoms with van der Waals surface area (Å²) >= 11 is 3.24. The lowest BCUT2D eigenvalue weighted by molar-refractivity contribution is 0.0938. The largest absolute Gasteiger partial charge is 0.349 e. The molecule has 1 N–H and O–H groups in total. The van der Waals surface area contributed by atoms with Crippen LogP contribution in [0.4, 0.5) is 0 Å². The first-order valence-corrected chi connectivity index (χ1v) is 10.9. The number of aryl methyl sites for hydroxylation is 2. The van der Waals surface area contributed by atoms with E-state index in [1.165, 1.54) is 5.56 Å². The van der Waals surface area contributed by atoms with Gasteiger partial charge in [-0.1, -0.05) is 27.2 Å². The zero-order valence-corrected chi connectivity index (χ0v) is 17.3. The van der Waals surface area contributed by atoms with E-state index in [0.717, 1.165) is 47.9 Å². The molecule has 0 saturated carbocycles. The third-order valence-electron chi connectivity index (χ3n) is 4.43. The van der Waals surface area contributed by atoms with E-state index in [-0.39, 0.29) is 11.9 Å². The second-order valence-electron chi connectivity index (χ2n) is 6.13. The molecule has 1 unspecified atom stereocenters. The lowest BCUT2D eigenvalue weighted by Gasteiger charge is -2.29. The zero-order chi connectivity index (χ0) is 18.2. The Hall–Kier alpha value is -1.24. The maximum absolute atomic E-state index is 12.7. The second-order valence-corrected chi connectivity index (χ2v) is 7.99. The van der Waals surface area contributed by atoms with Crippen LogP contribution in [0.25, 0.3) is 0 Å². The van der Waals surface area contributed by atoms with Crippen LogP contribution in [0.2, 0.25) is 0 Å². The van der Waals surface area contributed by atoms with Crippen molar-refractivity contribution in [3.8, 4) is 0 Å². The maximum Gasteiger partial charge on any atom is 0.263 e. The van der Waals surface area contributed by atoms with E-state index in [4.69, 9.17) is 0 Å². The molecule has 0 aliphatic heterocycles. The van der Waals surface area contributed by atoms with Gasteiger partial charge in [0.1, 0.15) is 4.88 Å². The van der Waals surface area contributed by atoms with Crippen LogP contribution in [0.1, 0.15) is 65.6 Å². The molecule has 2 rings (SSSR count). The van der Waals surface area contributed by atoms with Crippen molar-refractivity contribution in [1.29, 1.82) is 0 Å². The van der Waals surface area contributed by atoms with Crippen molar-refractivity contribution in [3.05, 3.63) is 38.0 Å². The van der Waals surface area contributed by atoms with Crippen molar-refractivity contribution < 1.29 is 4.79 Å². The third kappa shape index (κ3) is 5.36. The molecule has 0 radical (unpaired) electrons. The van der Waals surface area contributed by atoms with Crippen LogP contribution in [0, 0.1) is 6.92 Å². The number of nitrogens with one attached hydrogen (secondary N) is 1. The van der Waals surface area contributed by atoms with E-state index in [0.29, 0.717) is 6.54 Å². The molecule has 0 saturated heterocycles. The molecule has 1 amide bonds. The summed E-state index contributed by atoms with van der Waals surface area (Å²) in [6.07, 6.45) is 3.23. The van der Waals surface area contributed by atoms with Crippen LogP contribution in [0.5, 0.6) is 0 Å². The number of rotatable bonds is 10. The van der Waals surface area contributed by atoms with E-state index in [9.17, 15) is 4.79 Å². The molecular weight excluding hydrogens is 350 g/mol. The van der Waals surface area contributed by atoms with Crippen molar-refractivity contribution >= 4 is 28.6 Å². The number of hydrogen-bond donors (Lipinski definition) is 1. The predicted molar refractivity (Wildman–Crippen MR) is 108 cm³/mol. The van der Waals surface area contributed by atoms with Crippen molar-refractivity contribution in [1.82, 2.24) is 15.2 Å². The number of unbranched alkanes of at least 4 members (excludes halogenated alkanes) is 1. The Morgan fingerprint density at radius 1 is 1.32 bits per heavy atom. The van der Waals surface area contributed by atoms with Crippen LogP contribution in [0.15, 0.2) is 16.8 Å². The van der Waals surface area contributed by atoms with E-state index in [1.807, 2.05) is 6.92 Å². The average Bonchev–Trinajstić information content (AvgIpc) is 3.26. The summed E-state index contributed by atoms with van der Waals surface area (Å²) in [6.45, 7) is 11.0. The lowest BCUT2D eigenvalue weighted by atomic mass is 10.1. The molecule has 4 nitrogen and oxygen atoms in total. The summed E-state index contributed by atoms with van der Waals surface area (Å²) in [7, 11) is 0. The van der Waals surface area contributed by atoms with Gasteiger partial charge in [0, 0.05) is 6.54 Å². The number of carbonyl (C=O) groups is 1. The Balaban J connectivity index is 2.04. The molecule has 2 heterocycles. The van der Waals surface area contributed by atoms with Gasteiger partial charge in [0.15, 0.2) is 0 Å². The van der Waals surface area contributed by atoms with Crippen molar-refractivity contribution in [2.75, 3.05) is 19.6 Å². The van der Waals surface area contributed by atoms with E-state index < -0.39 is 0 Å². The van der Waals surface area contributed by atoms with Gasteiger partial charge < -0.3 is 5.32 Å². The number of thiazole rings is 1. The lowest BCUT2D eigenvalue weighted by Crippen LogP contribution is -2.37. The summed E-state index contributed by atoms with van der Waals surface area (Å²) < 4.78 is 0. The Kier molecular flexibility index (Phi) is 8.06. The molecule has 138 valence electrons. The van der Waals surface area contributed by atoms with Gasteiger partial charge in [0.2, 0.25) is 0 Å². The van der Waals surface area contributed by atoms with Gasteiger partial charge in [0.05, 0.1) is 16.7 Å². The number of hydrogen-bond acceptors (Lipinski definition) is 5. The molecule has 0 aliphatic carbocycles. The number of amides is 1. The molecule has 2 aromatic rings. The quantitative estimate of drug-likeness (QED) is 0.652. The monoisotopic (exact) mass is 379 g/mol. The minimum Gasteiger partial charge on any atom is -0.349 e. The predicted octanol–water partition coefficient (Wildman–Crippen LogP) is 4.67. The van der Waals surface area contributed by atoms with Gasteiger partial charge in [-0.3, -0.25) is 9.69 Å². The average molecular weight is 380 g/mol. The fraction of sp³-hybridized carbons (Fsp3) is 0.579. The van der Waals surface area contributed by atoms with Crippen LogP contribution >= 0.6 is 22.7 Å². The molecule has 0 fully saturated rings. The molecule has 0 aromatic carbocycles. The summed E-state index contributed by atoms with van der Waals surface area (Å²) in [5.74, 6) is 0.00475. The van der Waals surface area contributed by atoms with Gasteiger partial charge in [0.25, 0.3) is 5.91 Å². The standard InChI is InChI=1S/C19H29N3OS2/c1-5-8-9-17-21-14(4)18(25-17)19(23)20-12-16(22(6-2)7-3)15-10-11-24-13-15/h10-11,13,16H,5-9,12H2,1-4H3,(H,20,23). The summed E-state index contributed by atoms with van der Waals surface area (Å²) in [5, 5.41) is 8.49. The molecule has 0 spiro atoms. The van der Waals surface area contributed by atoms with Crippen molar-refractivity contribution in [3.63, 3.8) is 0 Å². The smallest absolute Gasteiger partial charge is 0.263 e. The molecule has 25 heavy (non-hydrogen) atoms. The number of likely N-dealkylation sites (N-methyl/N-ethyl adjacent to an activating group) is 1. The number of nitrogens with zero attached hydrogens (tertiary/aromatic N) is 2. The first kappa shape index (κ1) is 20.1. The van der Waals surface area contributed by atoms with E-state index in [2.05, 4.69) is 52.8 Å². The van der Waals surface area contributed by atoms with Crippen molar-refractivity contribution in [2.45, 2.75) is 53.0 Å². The number of thiophene rings is 1. The third-order valence-corrected chi connectivity index (χ3v) is 6.35. The Labute approximate surface area is 159 Å². The van der Waals surface area contributed by atoms with E-state index in [1.54, 1.807) is 22.7 Å². The molecule has 0 aliphatic rings. The highest BCUT2D eigenvalue weighted by Gasteiger charge is 2.21. The molecule has 1 atom stereocenters. The highest BCUT2D eigenvalue weighted by Crippen LogP contribution is 2.23. The van der Waals surface area contributed by atoms with Crippen LogP contribution in [-0.4, -0.2) is 35.4 Å². The van der Waals surface area contributed by atoms with Gasteiger partial charge in [-0.15, -0.1) is 11.3 Å². The normalized spacial score (nSPS) is 12.5. The van der Waals surface area contributed by atoms with Gasteiger partial charge >= 0.3 is 0 Å². The highest BCUT2D eigenvalue weighted by molar-refractivity contribution is 7.13. The Morgan fingerprint density at radius 3 is 2.68 bits per heavy atom. The van der Waals surface area contributed by atoms with Crippen LogP contribution in [-0.2, 0) is 6.42 Å². The summed E-state index contributed by atoms with van der Waals surface area (Å²) in [6, 6.07) is 2.37. The van der Waals surface area contributed by atoms with Crippen LogP contribution < -0.4 is 5.32 Å². The fourth-order valence-electron chi connectivity index (χ4n) is 2.95. The zero-order valence-electron chi connectivity index (χ0n) is 15.7. The topological polar surface area (TPSA) is 45.2 Å². The number of aromatic nitrogens is 1.